The number of carbonyl (C=O) groups is 2. The number of para-hydroxylation sites is 1. The van der Waals surface area contributed by atoms with E-state index in [2.05, 4.69) is 0 Å². The Balaban J connectivity index is 1.89. The third-order valence-electron chi connectivity index (χ3n) is 4.23. The summed E-state index contributed by atoms with van der Waals surface area (Å²) >= 11 is 0. The number of benzene rings is 1. The van der Waals surface area contributed by atoms with Gasteiger partial charge in [-0.3, -0.25) is 9.69 Å². The average molecular weight is 289 g/mol. The van der Waals surface area contributed by atoms with Crippen LogP contribution in [0.4, 0.5) is 10.5 Å². The van der Waals surface area contributed by atoms with Crippen LogP contribution in [0, 0.1) is 5.92 Å². The van der Waals surface area contributed by atoms with Crippen molar-refractivity contribution in [3.8, 4) is 0 Å². The first kappa shape index (κ1) is 13.9. The van der Waals surface area contributed by atoms with Crippen LogP contribution in [0.1, 0.15) is 12.0 Å². The van der Waals surface area contributed by atoms with Gasteiger partial charge in [0, 0.05) is 31.4 Å². The molecule has 0 aliphatic carbocycles. The molecular formula is C15H19N3O3. The molecule has 6 heteroatoms. The molecular weight excluding hydrogens is 270 g/mol. The lowest BCUT2D eigenvalue weighted by Gasteiger charge is -2.35. The number of aliphatic carboxylic acids is 1. The van der Waals surface area contributed by atoms with Crippen LogP contribution in [0.15, 0.2) is 24.3 Å². The lowest BCUT2D eigenvalue weighted by atomic mass is 9.93. The van der Waals surface area contributed by atoms with Crippen LogP contribution >= 0.6 is 0 Å². The van der Waals surface area contributed by atoms with E-state index in [-0.39, 0.29) is 18.6 Å². The van der Waals surface area contributed by atoms with Crippen molar-refractivity contribution in [2.75, 3.05) is 24.5 Å². The van der Waals surface area contributed by atoms with Crippen LogP contribution in [0.25, 0.3) is 0 Å². The number of carboxylic acid groups (broad SMARTS) is 1. The molecule has 0 aromatic heterocycles. The Morgan fingerprint density at radius 3 is 2.67 bits per heavy atom. The molecule has 2 heterocycles. The van der Waals surface area contributed by atoms with E-state index in [1.54, 1.807) is 9.80 Å². The number of hydrogen-bond acceptors (Lipinski definition) is 3. The summed E-state index contributed by atoms with van der Waals surface area (Å²) in [5, 5.41) is 9.30. The minimum absolute atomic E-state index is 0.0178. The number of carboxylic acids is 1. The third-order valence-corrected chi connectivity index (χ3v) is 4.23. The molecule has 2 aliphatic rings. The Morgan fingerprint density at radius 1 is 1.24 bits per heavy atom. The maximum atomic E-state index is 12.7. The molecule has 112 valence electrons. The zero-order valence-corrected chi connectivity index (χ0v) is 11.7. The molecule has 1 saturated heterocycles. The van der Waals surface area contributed by atoms with Crippen molar-refractivity contribution < 1.29 is 14.7 Å². The Morgan fingerprint density at radius 2 is 2.00 bits per heavy atom. The number of urea groups is 1. The molecule has 3 rings (SSSR count). The van der Waals surface area contributed by atoms with Gasteiger partial charge in [0.1, 0.15) is 0 Å². The van der Waals surface area contributed by atoms with E-state index in [1.165, 1.54) is 0 Å². The highest BCUT2D eigenvalue weighted by Gasteiger charge is 2.35. The average Bonchev–Trinajstić information content (AvgIpc) is 2.92. The molecule has 0 bridgehead atoms. The number of fused-ring (bicyclic) bond motifs is 1. The van der Waals surface area contributed by atoms with Crippen molar-refractivity contribution in [1.29, 1.82) is 0 Å². The zero-order valence-electron chi connectivity index (χ0n) is 11.7. The standard InChI is InChI=1S/C15H19N3O3/c16-12-5-6-17(9-12)15(21)18-8-11(14(19)20)7-10-3-1-2-4-13(10)18/h1-4,11-12H,5-9,16H2,(H,19,20). The fraction of sp³-hybridized carbons (Fsp3) is 0.467. The van der Waals surface area contributed by atoms with Crippen LogP contribution in [-0.4, -0.2) is 47.7 Å². The van der Waals surface area contributed by atoms with Crippen molar-refractivity contribution in [2.45, 2.75) is 18.9 Å². The van der Waals surface area contributed by atoms with Gasteiger partial charge < -0.3 is 15.7 Å². The molecule has 0 saturated carbocycles. The number of nitrogens with two attached hydrogens (primary N) is 1. The van der Waals surface area contributed by atoms with Crippen LogP contribution in [-0.2, 0) is 11.2 Å². The Labute approximate surface area is 123 Å². The van der Waals surface area contributed by atoms with Gasteiger partial charge in [-0.2, -0.15) is 0 Å². The fourth-order valence-corrected chi connectivity index (χ4v) is 3.07. The van der Waals surface area contributed by atoms with Gasteiger partial charge in [-0.1, -0.05) is 18.2 Å². The minimum Gasteiger partial charge on any atom is -0.481 e. The first-order valence-corrected chi connectivity index (χ1v) is 7.19. The molecule has 1 aromatic rings. The number of carbonyl (C=O) groups excluding carboxylic acids is 1. The van der Waals surface area contributed by atoms with Gasteiger partial charge in [-0.25, -0.2) is 4.79 Å². The maximum Gasteiger partial charge on any atom is 0.324 e. The summed E-state index contributed by atoms with van der Waals surface area (Å²) in [5.74, 6) is -1.42. The Bertz CT molecular complexity index is 575. The van der Waals surface area contributed by atoms with E-state index in [0.717, 1.165) is 17.7 Å². The number of amides is 2. The lowest BCUT2D eigenvalue weighted by Crippen LogP contribution is -2.48. The normalized spacial score (nSPS) is 24.8. The fourth-order valence-electron chi connectivity index (χ4n) is 3.07. The van der Waals surface area contributed by atoms with E-state index in [0.29, 0.717) is 19.5 Å². The summed E-state index contributed by atoms with van der Waals surface area (Å²) in [6, 6.07) is 7.39. The predicted octanol–water partition coefficient (Wildman–Crippen LogP) is 0.903. The summed E-state index contributed by atoms with van der Waals surface area (Å²) in [4.78, 5) is 27.3. The van der Waals surface area contributed by atoms with Gasteiger partial charge in [-0.05, 0) is 24.5 Å². The van der Waals surface area contributed by atoms with Gasteiger partial charge in [-0.15, -0.1) is 0 Å². The highest BCUT2D eigenvalue weighted by atomic mass is 16.4. The Kier molecular flexibility index (Phi) is 3.55. The highest BCUT2D eigenvalue weighted by Crippen LogP contribution is 2.31. The molecule has 21 heavy (non-hydrogen) atoms. The largest absolute Gasteiger partial charge is 0.481 e. The van der Waals surface area contributed by atoms with Crippen molar-refractivity contribution >= 4 is 17.7 Å². The van der Waals surface area contributed by atoms with E-state index >= 15 is 0 Å². The summed E-state index contributed by atoms with van der Waals surface area (Å²) in [6.07, 6.45) is 1.26. The van der Waals surface area contributed by atoms with E-state index in [4.69, 9.17) is 5.73 Å². The van der Waals surface area contributed by atoms with Crippen molar-refractivity contribution in [1.82, 2.24) is 4.90 Å². The molecule has 2 unspecified atom stereocenters. The zero-order chi connectivity index (χ0) is 15.0. The molecule has 2 amide bonds. The van der Waals surface area contributed by atoms with Crippen LogP contribution in [0.5, 0.6) is 0 Å². The van der Waals surface area contributed by atoms with Crippen molar-refractivity contribution in [3.63, 3.8) is 0 Å². The van der Waals surface area contributed by atoms with Crippen LogP contribution in [0.3, 0.4) is 0 Å². The van der Waals surface area contributed by atoms with Crippen LogP contribution in [0.2, 0.25) is 0 Å². The van der Waals surface area contributed by atoms with Gasteiger partial charge in [0.25, 0.3) is 0 Å². The molecule has 6 nitrogen and oxygen atoms in total. The smallest absolute Gasteiger partial charge is 0.324 e. The molecule has 3 N–H and O–H groups in total. The lowest BCUT2D eigenvalue weighted by molar-refractivity contribution is -0.141. The number of likely N-dealkylation sites (tertiary alicyclic amines) is 1. The molecule has 2 atom stereocenters. The van der Waals surface area contributed by atoms with Gasteiger partial charge in [0.2, 0.25) is 0 Å². The van der Waals surface area contributed by atoms with E-state index < -0.39 is 11.9 Å². The molecule has 1 fully saturated rings. The molecule has 1 aromatic carbocycles. The predicted molar refractivity (Wildman–Crippen MR) is 78.2 cm³/mol. The topological polar surface area (TPSA) is 86.9 Å². The van der Waals surface area contributed by atoms with Gasteiger partial charge >= 0.3 is 12.0 Å². The third kappa shape index (κ3) is 2.58. The second-order valence-electron chi connectivity index (χ2n) is 5.76. The highest BCUT2D eigenvalue weighted by molar-refractivity contribution is 5.94. The minimum atomic E-state index is -0.861. The van der Waals surface area contributed by atoms with E-state index in [9.17, 15) is 14.7 Å². The summed E-state index contributed by atoms with van der Waals surface area (Å²) < 4.78 is 0. The van der Waals surface area contributed by atoms with Crippen LogP contribution < -0.4 is 10.6 Å². The summed E-state index contributed by atoms with van der Waals surface area (Å²) in [5.41, 5.74) is 7.59. The number of rotatable bonds is 1. The van der Waals surface area contributed by atoms with E-state index in [1.807, 2.05) is 24.3 Å². The SMILES string of the molecule is NC1CCN(C(=O)N2CC(C(=O)O)Cc3ccccc32)C1. The number of nitrogens with zero attached hydrogens (tertiary/aromatic N) is 2. The quantitative estimate of drug-likeness (QED) is 0.804. The first-order valence-electron chi connectivity index (χ1n) is 7.19. The second-order valence-corrected chi connectivity index (χ2v) is 5.76. The van der Waals surface area contributed by atoms with Gasteiger partial charge in [0.05, 0.1) is 5.92 Å². The monoisotopic (exact) mass is 289 g/mol. The summed E-state index contributed by atoms with van der Waals surface area (Å²) in [7, 11) is 0. The Hall–Kier alpha value is -2.08. The second kappa shape index (κ2) is 5.37. The first-order chi connectivity index (χ1) is 10.1. The molecule has 0 radical (unpaired) electrons. The number of hydrogen-bond donors (Lipinski definition) is 2. The number of anilines is 1. The molecule has 2 aliphatic heterocycles. The summed E-state index contributed by atoms with van der Waals surface area (Å²) in [6.45, 7) is 1.39. The van der Waals surface area contributed by atoms with Gasteiger partial charge in [0.15, 0.2) is 0 Å². The maximum absolute atomic E-state index is 12.7. The van der Waals surface area contributed by atoms with Crippen molar-refractivity contribution in [2.24, 2.45) is 11.7 Å². The van der Waals surface area contributed by atoms with Crippen molar-refractivity contribution in [3.05, 3.63) is 29.8 Å². The molecule has 0 spiro atoms.